The van der Waals surface area contributed by atoms with Crippen molar-refractivity contribution in [2.24, 2.45) is 0 Å². The smallest absolute Gasteiger partial charge is 0.265 e. The Morgan fingerprint density at radius 3 is 2.76 bits per heavy atom. The van der Waals surface area contributed by atoms with Gasteiger partial charge in [0.05, 0.1) is 11.0 Å². The second-order valence-corrected chi connectivity index (χ2v) is 7.68. The van der Waals surface area contributed by atoms with E-state index >= 15 is 0 Å². The summed E-state index contributed by atoms with van der Waals surface area (Å²) in [6, 6.07) is 6.08. The summed E-state index contributed by atoms with van der Waals surface area (Å²) in [6.45, 7) is 2.00. The normalized spacial score (nSPS) is 15.4. The molecule has 134 valence electrons. The number of thiazole rings is 1. The Kier molecular flexibility index (Phi) is 4.93. The second-order valence-electron chi connectivity index (χ2n) is 6.70. The van der Waals surface area contributed by atoms with Gasteiger partial charge >= 0.3 is 0 Å². The fourth-order valence-electron chi connectivity index (χ4n) is 3.72. The maximum Gasteiger partial charge on any atom is 0.265 e. The van der Waals surface area contributed by atoms with Crippen LogP contribution in [0.15, 0.2) is 18.2 Å². The van der Waals surface area contributed by atoms with Gasteiger partial charge in [0.15, 0.2) is 4.96 Å². The molecule has 1 fully saturated rings. The minimum absolute atomic E-state index is 0. The van der Waals surface area contributed by atoms with Crippen LogP contribution in [0.25, 0.3) is 16.0 Å². The molecule has 0 aliphatic heterocycles. The van der Waals surface area contributed by atoms with Gasteiger partial charge in [-0.15, -0.1) is 0 Å². The first-order chi connectivity index (χ1) is 11.6. The molecular weight excluding hydrogens is 356 g/mol. The monoisotopic (exact) mass is 377 g/mol. The fraction of sp³-hybridized carbons (Fsp3) is 0.444. The topological polar surface area (TPSA) is 63.6 Å². The summed E-state index contributed by atoms with van der Waals surface area (Å²) >= 11 is 1.48. The van der Waals surface area contributed by atoms with E-state index in [4.69, 9.17) is 5.73 Å². The summed E-state index contributed by atoms with van der Waals surface area (Å²) in [6.07, 6.45) is 5.96. The Morgan fingerprint density at radius 2 is 2.04 bits per heavy atom. The number of carbonyl (C=O) groups is 1. The SMILES string of the molecule is Cc1c(C(=O)N(C)C2CCCCC2)sc2nc3ccc(N)cc3n12.[Cl-]. The summed E-state index contributed by atoms with van der Waals surface area (Å²) in [5.74, 6) is 0.118. The molecule has 5 nitrogen and oxygen atoms in total. The van der Waals surface area contributed by atoms with Crippen LogP contribution in [0.2, 0.25) is 0 Å². The molecule has 0 spiro atoms. The number of aryl methyl sites for hydroxylation is 1. The predicted molar refractivity (Wildman–Crippen MR) is 98.7 cm³/mol. The Bertz CT molecular complexity index is 926. The average Bonchev–Trinajstić information content (AvgIpc) is 3.11. The van der Waals surface area contributed by atoms with Gasteiger partial charge in [-0.05, 0) is 38.0 Å². The Labute approximate surface area is 157 Å². The number of nitrogens with two attached hydrogens (primary N) is 1. The molecule has 1 saturated carbocycles. The first-order valence-corrected chi connectivity index (χ1v) is 9.32. The number of hydrogen-bond acceptors (Lipinski definition) is 4. The summed E-state index contributed by atoms with van der Waals surface area (Å²) in [4.78, 5) is 21.2. The molecule has 1 aromatic carbocycles. The third-order valence-corrected chi connectivity index (χ3v) is 6.27. The molecule has 1 aliphatic rings. The van der Waals surface area contributed by atoms with E-state index in [-0.39, 0.29) is 18.3 Å². The lowest BCUT2D eigenvalue weighted by molar-refractivity contribution is -0.0000158. The van der Waals surface area contributed by atoms with Crippen LogP contribution in [0.4, 0.5) is 5.69 Å². The largest absolute Gasteiger partial charge is 1.00 e. The third-order valence-electron chi connectivity index (χ3n) is 5.14. The van der Waals surface area contributed by atoms with Crippen molar-refractivity contribution in [3.05, 3.63) is 28.8 Å². The van der Waals surface area contributed by atoms with Gasteiger partial charge in [-0.1, -0.05) is 30.6 Å². The van der Waals surface area contributed by atoms with Gasteiger partial charge in [0.25, 0.3) is 5.91 Å². The molecule has 7 heteroatoms. The first kappa shape index (κ1) is 18.0. The molecule has 0 atom stereocenters. The maximum absolute atomic E-state index is 13.0. The van der Waals surface area contributed by atoms with Crippen LogP contribution in [0.3, 0.4) is 0 Å². The number of hydrogen-bond donors (Lipinski definition) is 1. The number of carbonyl (C=O) groups excluding carboxylic acids is 1. The standard InChI is InChI=1S/C18H22N4OS.ClH/c1-11-16(17(23)21(2)13-6-4-3-5-7-13)24-18-20-14-9-8-12(19)10-15(14)22(11)18;/h8-10,13H,3-7,19H2,1-2H3;1H/p-1. The van der Waals surface area contributed by atoms with Crippen molar-refractivity contribution in [3.8, 4) is 0 Å². The number of amides is 1. The lowest BCUT2D eigenvalue weighted by Gasteiger charge is -2.31. The van der Waals surface area contributed by atoms with Crippen LogP contribution >= 0.6 is 11.3 Å². The number of nitrogen functional groups attached to an aromatic ring is 1. The van der Waals surface area contributed by atoms with Gasteiger partial charge < -0.3 is 23.0 Å². The summed E-state index contributed by atoms with van der Waals surface area (Å²) < 4.78 is 2.05. The molecule has 3 aromatic rings. The summed E-state index contributed by atoms with van der Waals surface area (Å²) in [5, 5.41) is 0. The fourth-order valence-corrected chi connectivity index (χ4v) is 4.85. The predicted octanol–water partition coefficient (Wildman–Crippen LogP) is 0.848. The zero-order valence-electron chi connectivity index (χ0n) is 14.5. The molecule has 0 saturated heterocycles. The van der Waals surface area contributed by atoms with Crippen LogP contribution < -0.4 is 18.1 Å². The molecular formula is C18H22ClN4OS-. The minimum Gasteiger partial charge on any atom is -1.00 e. The molecule has 2 N–H and O–H groups in total. The number of fused-ring (bicyclic) bond motifs is 3. The van der Waals surface area contributed by atoms with Crippen molar-refractivity contribution in [2.45, 2.75) is 45.1 Å². The second kappa shape index (κ2) is 6.84. The van der Waals surface area contributed by atoms with Gasteiger partial charge in [0.1, 0.15) is 4.88 Å². The van der Waals surface area contributed by atoms with Crippen molar-refractivity contribution in [1.82, 2.24) is 14.3 Å². The van der Waals surface area contributed by atoms with E-state index in [0.717, 1.165) is 39.4 Å². The molecule has 0 bridgehead atoms. The number of halogens is 1. The van der Waals surface area contributed by atoms with E-state index in [1.807, 2.05) is 37.1 Å². The van der Waals surface area contributed by atoms with Gasteiger partial charge in [-0.2, -0.15) is 0 Å². The van der Waals surface area contributed by atoms with Crippen LogP contribution in [0, 0.1) is 6.92 Å². The Hall–Kier alpha value is -1.79. The van der Waals surface area contributed by atoms with Gasteiger partial charge in [0, 0.05) is 24.5 Å². The number of nitrogens with zero attached hydrogens (tertiary/aromatic N) is 3. The number of aromatic nitrogens is 2. The van der Waals surface area contributed by atoms with E-state index in [0.29, 0.717) is 11.7 Å². The number of rotatable bonds is 2. The highest BCUT2D eigenvalue weighted by Gasteiger charge is 2.27. The van der Waals surface area contributed by atoms with Gasteiger partial charge in [-0.25, -0.2) is 4.98 Å². The highest BCUT2D eigenvalue weighted by atomic mass is 35.5. The van der Waals surface area contributed by atoms with E-state index in [9.17, 15) is 4.79 Å². The van der Waals surface area contributed by atoms with E-state index in [1.165, 1.54) is 30.6 Å². The van der Waals surface area contributed by atoms with Crippen LogP contribution in [0.1, 0.15) is 47.5 Å². The molecule has 25 heavy (non-hydrogen) atoms. The van der Waals surface area contributed by atoms with Gasteiger partial charge in [-0.3, -0.25) is 9.20 Å². The molecule has 1 aliphatic carbocycles. The number of benzene rings is 1. The highest BCUT2D eigenvalue weighted by Crippen LogP contribution is 2.31. The quantitative estimate of drug-likeness (QED) is 0.673. The number of imidazole rings is 1. The third kappa shape index (κ3) is 2.98. The van der Waals surface area contributed by atoms with Crippen molar-refractivity contribution < 1.29 is 17.2 Å². The highest BCUT2D eigenvalue weighted by molar-refractivity contribution is 7.19. The Morgan fingerprint density at radius 1 is 1.32 bits per heavy atom. The van der Waals surface area contributed by atoms with Crippen LogP contribution in [-0.2, 0) is 0 Å². The lowest BCUT2D eigenvalue weighted by atomic mass is 9.94. The van der Waals surface area contributed by atoms with Crippen molar-refractivity contribution in [1.29, 1.82) is 0 Å². The lowest BCUT2D eigenvalue weighted by Crippen LogP contribution is -3.00. The van der Waals surface area contributed by atoms with Crippen LogP contribution in [0.5, 0.6) is 0 Å². The van der Waals surface area contributed by atoms with E-state index in [2.05, 4.69) is 9.38 Å². The van der Waals surface area contributed by atoms with Crippen molar-refractivity contribution in [2.75, 3.05) is 12.8 Å². The van der Waals surface area contributed by atoms with Crippen LogP contribution in [-0.4, -0.2) is 33.3 Å². The molecule has 2 aromatic heterocycles. The Balaban J connectivity index is 0.00000182. The average molecular weight is 378 g/mol. The van der Waals surface area contributed by atoms with Crippen molar-refractivity contribution in [3.63, 3.8) is 0 Å². The van der Waals surface area contributed by atoms with Crippen molar-refractivity contribution >= 4 is 38.9 Å². The molecule has 2 heterocycles. The van der Waals surface area contributed by atoms with E-state index < -0.39 is 0 Å². The van der Waals surface area contributed by atoms with Gasteiger partial charge in [0.2, 0.25) is 0 Å². The zero-order valence-corrected chi connectivity index (χ0v) is 16.0. The molecule has 4 rings (SSSR count). The minimum atomic E-state index is 0. The summed E-state index contributed by atoms with van der Waals surface area (Å²) in [7, 11) is 1.94. The maximum atomic E-state index is 13.0. The molecule has 0 unspecified atom stereocenters. The van der Waals surface area contributed by atoms with E-state index in [1.54, 1.807) is 0 Å². The molecule has 0 radical (unpaired) electrons. The summed E-state index contributed by atoms with van der Waals surface area (Å²) in [5.41, 5.74) is 9.47. The number of anilines is 1. The zero-order chi connectivity index (χ0) is 16.8. The molecule has 1 amide bonds. The first-order valence-electron chi connectivity index (χ1n) is 8.50.